The molecule has 39 heavy (non-hydrogen) atoms. The van der Waals surface area contributed by atoms with Gasteiger partial charge in [0.2, 0.25) is 5.91 Å². The van der Waals surface area contributed by atoms with E-state index in [1.165, 1.54) is 12.1 Å². The number of benzene rings is 2. The fourth-order valence-corrected chi connectivity index (χ4v) is 5.39. The van der Waals surface area contributed by atoms with E-state index >= 15 is 0 Å². The van der Waals surface area contributed by atoms with Gasteiger partial charge < -0.3 is 14.5 Å². The summed E-state index contributed by atoms with van der Waals surface area (Å²) >= 11 is 0. The Morgan fingerprint density at radius 3 is 2.21 bits per heavy atom. The first-order chi connectivity index (χ1) is 18.7. The highest BCUT2D eigenvalue weighted by molar-refractivity contribution is 5.96. The smallest absolute Gasteiger partial charge is 0.416 e. The Balaban J connectivity index is 1.45. The molecule has 0 N–H and O–H groups in total. The van der Waals surface area contributed by atoms with Crippen molar-refractivity contribution in [3.63, 3.8) is 0 Å². The third-order valence-electron chi connectivity index (χ3n) is 7.39. The van der Waals surface area contributed by atoms with Gasteiger partial charge in [0.15, 0.2) is 0 Å². The summed E-state index contributed by atoms with van der Waals surface area (Å²) in [6, 6.07) is 13.0. The largest absolute Gasteiger partial charge is 0.465 e. The topological polar surface area (TPSA) is 70.2 Å². The molecule has 2 amide bonds. The summed E-state index contributed by atoms with van der Waals surface area (Å²) < 4.78 is 43.9. The number of hydrogen-bond donors (Lipinski definition) is 0. The monoisotopic (exact) mass is 545 g/mol. The first-order valence-corrected chi connectivity index (χ1v) is 13.4. The maximum atomic E-state index is 13.7. The van der Waals surface area contributed by atoms with Gasteiger partial charge in [-0.3, -0.25) is 19.3 Å². The summed E-state index contributed by atoms with van der Waals surface area (Å²) in [4.78, 5) is 44.6. The van der Waals surface area contributed by atoms with Crippen molar-refractivity contribution in [1.29, 1.82) is 0 Å². The normalized spacial score (nSPS) is 19.0. The average Bonchev–Trinajstić information content (AvgIpc) is 2.94. The van der Waals surface area contributed by atoms with Crippen LogP contribution in [0.5, 0.6) is 0 Å². The van der Waals surface area contributed by atoms with Crippen LogP contribution < -0.4 is 4.90 Å². The van der Waals surface area contributed by atoms with Crippen LogP contribution >= 0.6 is 0 Å². The van der Waals surface area contributed by atoms with E-state index in [0.29, 0.717) is 38.9 Å². The molecule has 2 aliphatic rings. The fraction of sp³-hybridized carbons (Fsp3) is 0.483. The summed E-state index contributed by atoms with van der Waals surface area (Å²) in [5, 5.41) is 0. The third kappa shape index (κ3) is 6.98. The van der Waals surface area contributed by atoms with Gasteiger partial charge in [0.05, 0.1) is 18.7 Å². The standard InChI is InChI=1S/C29H34F3N3O4/c1-2-39-28(38)25-10-6-7-17-34(25)20-26(36)35(23-8-4-3-5-9-23)24-15-18-33(19-16-24)27(37)21-11-13-22(14-12-21)29(30,31)32/h3-5,8-9,11-14,24-25H,2,6-7,10,15-20H2,1H3. The average molecular weight is 546 g/mol. The number of likely N-dealkylation sites (tertiary alicyclic amines) is 2. The minimum atomic E-state index is -4.46. The molecule has 10 heteroatoms. The molecular weight excluding hydrogens is 511 g/mol. The van der Waals surface area contributed by atoms with E-state index in [-0.39, 0.29) is 42.5 Å². The molecule has 0 saturated carbocycles. The molecule has 0 aromatic heterocycles. The second-order valence-corrected chi connectivity index (χ2v) is 9.93. The number of esters is 1. The number of halogens is 3. The third-order valence-corrected chi connectivity index (χ3v) is 7.39. The Morgan fingerprint density at radius 1 is 0.923 bits per heavy atom. The highest BCUT2D eigenvalue weighted by atomic mass is 19.4. The van der Waals surface area contributed by atoms with Crippen molar-refractivity contribution < 1.29 is 32.3 Å². The summed E-state index contributed by atoms with van der Waals surface area (Å²) in [6.45, 7) is 3.52. The van der Waals surface area contributed by atoms with E-state index < -0.39 is 17.8 Å². The van der Waals surface area contributed by atoms with Crippen LogP contribution in [0, 0.1) is 0 Å². The van der Waals surface area contributed by atoms with Crippen molar-refractivity contribution in [3.05, 3.63) is 65.7 Å². The number of piperidine rings is 2. The van der Waals surface area contributed by atoms with Gasteiger partial charge in [0, 0.05) is 30.4 Å². The molecule has 7 nitrogen and oxygen atoms in total. The molecule has 2 aromatic rings. The highest BCUT2D eigenvalue weighted by Gasteiger charge is 2.36. The van der Waals surface area contributed by atoms with Crippen LogP contribution in [0.2, 0.25) is 0 Å². The molecule has 0 aliphatic carbocycles. The number of nitrogens with zero attached hydrogens (tertiary/aromatic N) is 3. The van der Waals surface area contributed by atoms with Crippen molar-refractivity contribution in [1.82, 2.24) is 9.80 Å². The molecule has 210 valence electrons. The quantitative estimate of drug-likeness (QED) is 0.470. The molecule has 2 aromatic carbocycles. The van der Waals surface area contributed by atoms with Crippen LogP contribution in [0.25, 0.3) is 0 Å². The molecule has 0 radical (unpaired) electrons. The van der Waals surface area contributed by atoms with Crippen molar-refractivity contribution in [2.75, 3.05) is 37.7 Å². The number of ether oxygens (including phenoxy) is 1. The number of anilines is 1. The zero-order chi connectivity index (χ0) is 28.0. The predicted octanol–water partition coefficient (Wildman–Crippen LogP) is 4.76. The van der Waals surface area contributed by atoms with E-state index in [0.717, 1.165) is 30.7 Å². The van der Waals surface area contributed by atoms with Crippen LogP contribution in [0.4, 0.5) is 18.9 Å². The van der Waals surface area contributed by atoms with Crippen molar-refractivity contribution in [2.24, 2.45) is 0 Å². The lowest BCUT2D eigenvalue weighted by Crippen LogP contribution is -2.54. The zero-order valence-corrected chi connectivity index (χ0v) is 22.0. The number of amides is 2. The fourth-order valence-electron chi connectivity index (χ4n) is 5.39. The summed E-state index contributed by atoms with van der Waals surface area (Å²) in [7, 11) is 0. The minimum Gasteiger partial charge on any atom is -0.465 e. The van der Waals surface area contributed by atoms with Gasteiger partial charge in [-0.05, 0) is 75.5 Å². The van der Waals surface area contributed by atoms with Crippen LogP contribution in [0.15, 0.2) is 54.6 Å². The Morgan fingerprint density at radius 2 is 1.59 bits per heavy atom. The molecule has 1 unspecified atom stereocenters. The van der Waals surface area contributed by atoms with E-state index in [4.69, 9.17) is 4.74 Å². The number of carbonyl (C=O) groups excluding carboxylic acids is 3. The molecule has 0 bridgehead atoms. The van der Waals surface area contributed by atoms with Gasteiger partial charge in [0.25, 0.3) is 5.91 Å². The Kier molecular flexibility index (Phi) is 9.27. The van der Waals surface area contributed by atoms with Gasteiger partial charge in [-0.15, -0.1) is 0 Å². The molecule has 2 saturated heterocycles. The van der Waals surface area contributed by atoms with E-state index in [1.807, 2.05) is 35.2 Å². The first kappa shape index (κ1) is 28.6. The SMILES string of the molecule is CCOC(=O)C1CCCCN1CC(=O)N(c1ccccc1)C1CCN(C(=O)c2ccc(C(F)(F)F)cc2)CC1. The Labute approximate surface area is 226 Å². The van der Waals surface area contributed by atoms with Crippen LogP contribution in [-0.4, -0.2) is 72.5 Å². The Hall–Kier alpha value is -3.40. The van der Waals surface area contributed by atoms with Crippen molar-refractivity contribution in [3.8, 4) is 0 Å². The number of para-hydroxylation sites is 1. The summed E-state index contributed by atoms with van der Waals surface area (Å²) in [6.07, 6.45) is -0.955. The van der Waals surface area contributed by atoms with Crippen LogP contribution in [-0.2, 0) is 20.5 Å². The molecular formula is C29H34F3N3O4. The van der Waals surface area contributed by atoms with Crippen LogP contribution in [0.3, 0.4) is 0 Å². The number of rotatable bonds is 7. The lowest BCUT2D eigenvalue weighted by Gasteiger charge is -2.40. The van der Waals surface area contributed by atoms with Gasteiger partial charge in [-0.25, -0.2) is 0 Å². The van der Waals surface area contributed by atoms with Gasteiger partial charge in [0.1, 0.15) is 6.04 Å². The molecule has 2 aliphatic heterocycles. The lowest BCUT2D eigenvalue weighted by atomic mass is 9.99. The van der Waals surface area contributed by atoms with Gasteiger partial charge in [-0.2, -0.15) is 13.2 Å². The van der Waals surface area contributed by atoms with E-state index in [9.17, 15) is 27.6 Å². The van der Waals surface area contributed by atoms with E-state index in [1.54, 1.807) is 16.7 Å². The van der Waals surface area contributed by atoms with Gasteiger partial charge in [-0.1, -0.05) is 24.6 Å². The second-order valence-electron chi connectivity index (χ2n) is 9.93. The summed E-state index contributed by atoms with van der Waals surface area (Å²) in [5.41, 5.74) is 0.154. The molecule has 2 fully saturated rings. The highest BCUT2D eigenvalue weighted by Crippen LogP contribution is 2.30. The molecule has 4 rings (SSSR count). The molecule has 2 heterocycles. The maximum Gasteiger partial charge on any atom is 0.416 e. The molecule has 0 spiro atoms. The summed E-state index contributed by atoms with van der Waals surface area (Å²) in [5.74, 6) is -0.749. The lowest BCUT2D eigenvalue weighted by molar-refractivity contribution is -0.151. The minimum absolute atomic E-state index is 0.0864. The predicted molar refractivity (Wildman–Crippen MR) is 140 cm³/mol. The van der Waals surface area contributed by atoms with Crippen molar-refractivity contribution >= 4 is 23.5 Å². The number of alkyl halides is 3. The number of carbonyl (C=O) groups is 3. The first-order valence-electron chi connectivity index (χ1n) is 13.4. The van der Waals surface area contributed by atoms with Gasteiger partial charge >= 0.3 is 12.1 Å². The van der Waals surface area contributed by atoms with E-state index in [2.05, 4.69) is 0 Å². The molecule has 1 atom stereocenters. The Bertz CT molecular complexity index is 1130. The van der Waals surface area contributed by atoms with Crippen LogP contribution in [0.1, 0.15) is 54.9 Å². The maximum absolute atomic E-state index is 13.7. The zero-order valence-electron chi connectivity index (χ0n) is 22.0. The second kappa shape index (κ2) is 12.6. The van der Waals surface area contributed by atoms with Crippen molar-refractivity contribution in [2.45, 2.75) is 57.3 Å². The number of hydrogen-bond acceptors (Lipinski definition) is 5.